The summed E-state index contributed by atoms with van der Waals surface area (Å²) in [6.07, 6.45) is 0.717. The van der Waals surface area contributed by atoms with Crippen LogP contribution in [0.3, 0.4) is 0 Å². The van der Waals surface area contributed by atoms with Gasteiger partial charge in [0.2, 0.25) is 11.7 Å². The molecule has 0 aliphatic rings. The van der Waals surface area contributed by atoms with Crippen molar-refractivity contribution in [2.75, 3.05) is 0 Å². The molecule has 3 nitrogen and oxygen atoms in total. The second kappa shape index (κ2) is 5.25. The molecule has 0 N–H and O–H groups in total. The van der Waals surface area contributed by atoms with Crippen molar-refractivity contribution >= 4 is 0 Å². The molecule has 2 aromatic carbocycles. The Morgan fingerprint density at radius 3 is 2.40 bits per heavy atom. The van der Waals surface area contributed by atoms with Crippen LogP contribution in [0.25, 0.3) is 22.5 Å². The molecule has 3 aromatic rings. The molecular weight excluding hydrogens is 255 g/mol. The third kappa shape index (κ3) is 2.45. The summed E-state index contributed by atoms with van der Waals surface area (Å²) in [5.74, 6) is 0.958. The zero-order chi connectivity index (χ0) is 13.9. The van der Waals surface area contributed by atoms with Gasteiger partial charge in [-0.25, -0.2) is 4.39 Å². The fraction of sp³-hybridized carbons (Fsp3) is 0.125. The van der Waals surface area contributed by atoms with E-state index < -0.39 is 0 Å². The van der Waals surface area contributed by atoms with E-state index in [-0.39, 0.29) is 5.82 Å². The SMILES string of the molecule is CCc1nc(-c2ccc(-c3cccc(F)c3)cc2)no1. The van der Waals surface area contributed by atoms with Gasteiger partial charge in [0.1, 0.15) is 5.82 Å². The molecule has 4 heteroatoms. The van der Waals surface area contributed by atoms with Gasteiger partial charge in [0.15, 0.2) is 0 Å². The van der Waals surface area contributed by atoms with Gasteiger partial charge in [0, 0.05) is 12.0 Å². The maximum atomic E-state index is 13.2. The minimum absolute atomic E-state index is 0.239. The molecule has 20 heavy (non-hydrogen) atoms. The number of hydrogen-bond donors (Lipinski definition) is 0. The zero-order valence-electron chi connectivity index (χ0n) is 11.0. The van der Waals surface area contributed by atoms with Crippen LogP contribution in [0.4, 0.5) is 4.39 Å². The minimum atomic E-state index is -0.239. The lowest BCUT2D eigenvalue weighted by Gasteiger charge is -2.02. The fourth-order valence-electron chi connectivity index (χ4n) is 2.00. The van der Waals surface area contributed by atoms with Crippen LogP contribution >= 0.6 is 0 Å². The van der Waals surface area contributed by atoms with E-state index in [1.807, 2.05) is 37.3 Å². The molecule has 0 spiro atoms. The molecule has 0 saturated heterocycles. The van der Waals surface area contributed by atoms with Crippen LogP contribution in [0.1, 0.15) is 12.8 Å². The number of aryl methyl sites for hydroxylation is 1. The van der Waals surface area contributed by atoms with Crippen LogP contribution < -0.4 is 0 Å². The van der Waals surface area contributed by atoms with E-state index >= 15 is 0 Å². The van der Waals surface area contributed by atoms with Gasteiger partial charge in [-0.1, -0.05) is 48.5 Å². The van der Waals surface area contributed by atoms with E-state index in [1.165, 1.54) is 12.1 Å². The topological polar surface area (TPSA) is 38.9 Å². The highest BCUT2D eigenvalue weighted by Crippen LogP contribution is 2.23. The average Bonchev–Trinajstić information content (AvgIpc) is 2.96. The highest BCUT2D eigenvalue weighted by Gasteiger charge is 2.07. The number of hydrogen-bond acceptors (Lipinski definition) is 3. The van der Waals surface area contributed by atoms with Crippen molar-refractivity contribution in [3.8, 4) is 22.5 Å². The van der Waals surface area contributed by atoms with E-state index in [2.05, 4.69) is 10.1 Å². The Morgan fingerprint density at radius 1 is 1.00 bits per heavy atom. The van der Waals surface area contributed by atoms with Crippen molar-refractivity contribution in [2.45, 2.75) is 13.3 Å². The van der Waals surface area contributed by atoms with E-state index in [0.717, 1.165) is 16.7 Å². The van der Waals surface area contributed by atoms with Gasteiger partial charge in [-0.05, 0) is 23.3 Å². The predicted molar refractivity (Wildman–Crippen MR) is 74.5 cm³/mol. The highest BCUT2D eigenvalue weighted by atomic mass is 19.1. The zero-order valence-corrected chi connectivity index (χ0v) is 11.0. The first-order valence-corrected chi connectivity index (χ1v) is 6.45. The molecule has 0 atom stereocenters. The Balaban J connectivity index is 1.91. The highest BCUT2D eigenvalue weighted by molar-refractivity contribution is 5.67. The van der Waals surface area contributed by atoms with Gasteiger partial charge in [-0.15, -0.1) is 0 Å². The second-order valence-corrected chi connectivity index (χ2v) is 4.45. The summed E-state index contributed by atoms with van der Waals surface area (Å²) in [6.45, 7) is 1.96. The molecule has 0 aliphatic heterocycles. The van der Waals surface area contributed by atoms with Gasteiger partial charge in [-0.2, -0.15) is 4.98 Å². The van der Waals surface area contributed by atoms with Gasteiger partial charge in [0.05, 0.1) is 0 Å². The van der Waals surface area contributed by atoms with Crippen molar-refractivity contribution in [1.82, 2.24) is 10.1 Å². The minimum Gasteiger partial charge on any atom is -0.339 e. The molecular formula is C16H13FN2O. The molecule has 1 heterocycles. The van der Waals surface area contributed by atoms with Crippen molar-refractivity contribution in [2.24, 2.45) is 0 Å². The van der Waals surface area contributed by atoms with Crippen LogP contribution in [0.2, 0.25) is 0 Å². The van der Waals surface area contributed by atoms with Gasteiger partial charge in [-0.3, -0.25) is 0 Å². The maximum absolute atomic E-state index is 13.2. The fourth-order valence-corrected chi connectivity index (χ4v) is 2.00. The van der Waals surface area contributed by atoms with Gasteiger partial charge in [0.25, 0.3) is 0 Å². The van der Waals surface area contributed by atoms with Gasteiger partial charge >= 0.3 is 0 Å². The summed E-state index contributed by atoms with van der Waals surface area (Å²) >= 11 is 0. The predicted octanol–water partition coefficient (Wildman–Crippen LogP) is 4.11. The Morgan fingerprint density at radius 2 is 1.75 bits per heavy atom. The quantitative estimate of drug-likeness (QED) is 0.717. The number of halogens is 1. The Hall–Kier alpha value is -2.49. The summed E-state index contributed by atoms with van der Waals surface area (Å²) < 4.78 is 18.3. The van der Waals surface area contributed by atoms with Crippen LogP contribution in [-0.4, -0.2) is 10.1 Å². The average molecular weight is 268 g/mol. The first kappa shape index (κ1) is 12.5. The van der Waals surface area contributed by atoms with Crippen molar-refractivity contribution in [1.29, 1.82) is 0 Å². The molecule has 0 radical (unpaired) electrons. The molecule has 0 amide bonds. The van der Waals surface area contributed by atoms with E-state index in [9.17, 15) is 4.39 Å². The van der Waals surface area contributed by atoms with Crippen molar-refractivity contribution in [3.05, 3.63) is 60.2 Å². The number of rotatable bonds is 3. The summed E-state index contributed by atoms with van der Waals surface area (Å²) in [5.41, 5.74) is 2.68. The lowest BCUT2D eigenvalue weighted by atomic mass is 10.0. The molecule has 0 bridgehead atoms. The molecule has 3 rings (SSSR count). The molecule has 0 fully saturated rings. The summed E-state index contributed by atoms with van der Waals surface area (Å²) in [4.78, 5) is 4.28. The summed E-state index contributed by atoms with van der Waals surface area (Å²) in [7, 11) is 0. The second-order valence-electron chi connectivity index (χ2n) is 4.45. The van der Waals surface area contributed by atoms with Crippen molar-refractivity contribution in [3.63, 3.8) is 0 Å². The largest absolute Gasteiger partial charge is 0.339 e. The Bertz CT molecular complexity index is 719. The smallest absolute Gasteiger partial charge is 0.226 e. The Labute approximate surface area is 116 Å². The van der Waals surface area contributed by atoms with E-state index in [4.69, 9.17) is 4.52 Å². The first-order valence-electron chi connectivity index (χ1n) is 6.45. The monoisotopic (exact) mass is 268 g/mol. The maximum Gasteiger partial charge on any atom is 0.226 e. The normalized spacial score (nSPS) is 10.7. The van der Waals surface area contributed by atoms with Crippen LogP contribution in [0.5, 0.6) is 0 Å². The third-order valence-corrected chi connectivity index (χ3v) is 3.07. The van der Waals surface area contributed by atoms with E-state index in [0.29, 0.717) is 18.1 Å². The number of nitrogens with zero attached hydrogens (tertiary/aromatic N) is 2. The Kier molecular flexibility index (Phi) is 3.29. The van der Waals surface area contributed by atoms with Gasteiger partial charge < -0.3 is 4.52 Å². The van der Waals surface area contributed by atoms with Crippen molar-refractivity contribution < 1.29 is 8.91 Å². The lowest BCUT2D eigenvalue weighted by Crippen LogP contribution is -1.84. The summed E-state index contributed by atoms with van der Waals surface area (Å²) in [6, 6.07) is 14.2. The third-order valence-electron chi connectivity index (χ3n) is 3.07. The van der Waals surface area contributed by atoms with Crippen LogP contribution in [0, 0.1) is 5.82 Å². The summed E-state index contributed by atoms with van der Waals surface area (Å²) in [5, 5.41) is 3.93. The molecule has 1 aromatic heterocycles. The first-order chi connectivity index (χ1) is 9.76. The molecule has 0 aliphatic carbocycles. The molecule has 0 unspecified atom stereocenters. The van der Waals surface area contributed by atoms with Crippen LogP contribution in [-0.2, 0) is 6.42 Å². The number of benzene rings is 2. The van der Waals surface area contributed by atoms with Crippen LogP contribution in [0.15, 0.2) is 53.1 Å². The molecule has 0 saturated carbocycles. The lowest BCUT2D eigenvalue weighted by molar-refractivity contribution is 0.383. The van der Waals surface area contributed by atoms with E-state index in [1.54, 1.807) is 6.07 Å². The standard InChI is InChI=1S/C16H13FN2O/c1-2-15-18-16(19-20-15)12-8-6-11(7-9-12)13-4-3-5-14(17)10-13/h3-10H,2H2,1H3. The number of aromatic nitrogens is 2. The molecule has 100 valence electrons.